The third-order valence-electron chi connectivity index (χ3n) is 3.76. The van der Waals surface area contributed by atoms with Gasteiger partial charge in [-0.1, -0.05) is 20.8 Å². The minimum absolute atomic E-state index is 0.0362. The van der Waals surface area contributed by atoms with Crippen molar-refractivity contribution in [3.8, 4) is 0 Å². The Hall–Kier alpha value is -1.06. The van der Waals surface area contributed by atoms with Crippen molar-refractivity contribution < 1.29 is 14.7 Å². The van der Waals surface area contributed by atoms with Gasteiger partial charge in [-0.05, 0) is 18.8 Å². The number of rotatable bonds is 5. The van der Waals surface area contributed by atoms with Crippen molar-refractivity contribution in [1.82, 2.24) is 4.90 Å². The number of amides is 1. The molecular weight excluding hydrogens is 206 g/mol. The average molecular weight is 229 g/mol. The van der Waals surface area contributed by atoms with E-state index in [9.17, 15) is 14.7 Å². The maximum Gasteiger partial charge on any atom is 0.309 e. The highest BCUT2D eigenvalue weighted by molar-refractivity contribution is 5.80. The quantitative estimate of drug-likeness (QED) is 0.784. The lowest BCUT2D eigenvalue weighted by Crippen LogP contribution is -2.44. The van der Waals surface area contributed by atoms with Crippen LogP contribution in [0.2, 0.25) is 0 Å². The first-order valence-electron chi connectivity index (χ1n) is 5.52. The number of carbonyl (C=O) groups is 2. The monoisotopic (exact) mass is 229 g/mol. The second kappa shape index (κ2) is 4.85. The Bertz CT molecular complexity index is 284. The Morgan fingerprint density at radius 3 is 1.88 bits per heavy atom. The summed E-state index contributed by atoms with van der Waals surface area (Å²) >= 11 is 0. The Morgan fingerprint density at radius 2 is 1.62 bits per heavy atom. The van der Waals surface area contributed by atoms with Gasteiger partial charge in [0.25, 0.3) is 0 Å². The van der Waals surface area contributed by atoms with Gasteiger partial charge >= 0.3 is 5.97 Å². The summed E-state index contributed by atoms with van der Waals surface area (Å²) in [6.45, 7) is 7.23. The van der Waals surface area contributed by atoms with Gasteiger partial charge in [0.05, 0.1) is 5.41 Å². The van der Waals surface area contributed by atoms with E-state index >= 15 is 0 Å². The first kappa shape index (κ1) is 14.9. The zero-order valence-electron chi connectivity index (χ0n) is 11.1. The summed E-state index contributed by atoms with van der Waals surface area (Å²) in [6, 6.07) is 0. The van der Waals surface area contributed by atoms with Crippen LogP contribution in [0, 0.1) is 10.8 Å². The lowest BCUT2D eigenvalue weighted by molar-refractivity contribution is -0.157. The number of aliphatic carboxylic acids is 1. The molecule has 0 rings (SSSR count). The number of carboxylic acid groups (broad SMARTS) is 1. The lowest BCUT2D eigenvalue weighted by Gasteiger charge is -2.40. The fourth-order valence-electron chi connectivity index (χ4n) is 1.65. The predicted octanol–water partition coefficient (Wildman–Crippen LogP) is 1.99. The lowest BCUT2D eigenvalue weighted by atomic mass is 9.63. The Kier molecular flexibility index (Phi) is 4.53. The summed E-state index contributed by atoms with van der Waals surface area (Å²) in [4.78, 5) is 24.5. The molecule has 1 amide bonds. The second-order valence-electron chi connectivity index (χ2n) is 5.34. The van der Waals surface area contributed by atoms with Gasteiger partial charge in [-0.25, -0.2) is 0 Å². The van der Waals surface area contributed by atoms with E-state index in [0.717, 1.165) is 0 Å². The van der Waals surface area contributed by atoms with Gasteiger partial charge in [0.2, 0.25) is 5.91 Å². The smallest absolute Gasteiger partial charge is 0.309 e. The molecule has 4 nitrogen and oxygen atoms in total. The highest BCUT2D eigenvalue weighted by Gasteiger charge is 2.47. The summed E-state index contributed by atoms with van der Waals surface area (Å²) in [6.07, 6.45) is 0.757. The van der Waals surface area contributed by atoms with Gasteiger partial charge in [-0.15, -0.1) is 0 Å². The minimum Gasteiger partial charge on any atom is -0.481 e. The Morgan fingerprint density at radius 1 is 1.19 bits per heavy atom. The van der Waals surface area contributed by atoms with E-state index in [1.165, 1.54) is 4.90 Å². The van der Waals surface area contributed by atoms with Gasteiger partial charge in [0.15, 0.2) is 0 Å². The average Bonchev–Trinajstić information content (AvgIpc) is 2.14. The minimum atomic E-state index is -0.876. The highest BCUT2D eigenvalue weighted by atomic mass is 16.4. The summed E-state index contributed by atoms with van der Waals surface area (Å²) in [5, 5.41) is 9.29. The summed E-state index contributed by atoms with van der Waals surface area (Å²) in [5.41, 5.74) is -1.44. The summed E-state index contributed by atoms with van der Waals surface area (Å²) in [7, 11) is 3.37. The van der Waals surface area contributed by atoms with E-state index in [4.69, 9.17) is 0 Å². The van der Waals surface area contributed by atoms with Gasteiger partial charge in [0.1, 0.15) is 0 Å². The molecule has 0 aliphatic rings. The van der Waals surface area contributed by atoms with Crippen LogP contribution in [-0.2, 0) is 9.59 Å². The van der Waals surface area contributed by atoms with Crippen LogP contribution in [0.5, 0.6) is 0 Å². The summed E-state index contributed by atoms with van der Waals surface area (Å²) < 4.78 is 0. The molecule has 0 aromatic heterocycles. The number of hydrogen-bond donors (Lipinski definition) is 1. The predicted molar refractivity (Wildman–Crippen MR) is 63.1 cm³/mol. The van der Waals surface area contributed by atoms with Crippen LogP contribution in [0.25, 0.3) is 0 Å². The van der Waals surface area contributed by atoms with Gasteiger partial charge in [-0.2, -0.15) is 0 Å². The Labute approximate surface area is 97.6 Å². The third-order valence-corrected chi connectivity index (χ3v) is 3.76. The van der Waals surface area contributed by atoms with Crippen molar-refractivity contribution in [1.29, 1.82) is 0 Å². The number of nitrogens with zero attached hydrogens (tertiary/aromatic N) is 1. The topological polar surface area (TPSA) is 57.6 Å². The molecule has 0 heterocycles. The zero-order chi connectivity index (χ0) is 13.1. The fourth-order valence-corrected chi connectivity index (χ4v) is 1.65. The molecule has 0 saturated carbocycles. The normalized spacial score (nSPS) is 15.4. The summed E-state index contributed by atoms with van der Waals surface area (Å²) in [5.74, 6) is -0.877. The van der Waals surface area contributed by atoms with Crippen LogP contribution in [0.4, 0.5) is 0 Å². The van der Waals surface area contributed by atoms with Crippen LogP contribution in [-0.4, -0.2) is 36.0 Å². The maximum absolute atomic E-state index is 11.7. The standard InChI is InChI=1S/C12H23NO3/c1-7-12(4,10(15)16)11(2,3)8-9(14)13(5)6/h7-8H2,1-6H3,(H,15,16)/t12-/m1/s1. The molecule has 0 fully saturated rings. The number of hydrogen-bond acceptors (Lipinski definition) is 2. The molecule has 0 unspecified atom stereocenters. The molecule has 0 bridgehead atoms. The molecule has 0 saturated heterocycles. The molecule has 0 aromatic rings. The van der Waals surface area contributed by atoms with Crippen LogP contribution in [0.1, 0.15) is 40.5 Å². The fraction of sp³-hybridized carbons (Fsp3) is 0.833. The van der Waals surface area contributed by atoms with Crippen LogP contribution < -0.4 is 0 Å². The largest absolute Gasteiger partial charge is 0.481 e. The van der Waals surface area contributed by atoms with E-state index < -0.39 is 16.8 Å². The van der Waals surface area contributed by atoms with Crippen LogP contribution in [0.3, 0.4) is 0 Å². The van der Waals surface area contributed by atoms with Crippen molar-refractivity contribution in [3.05, 3.63) is 0 Å². The van der Waals surface area contributed by atoms with E-state index in [1.807, 2.05) is 20.8 Å². The van der Waals surface area contributed by atoms with E-state index in [2.05, 4.69) is 0 Å². The van der Waals surface area contributed by atoms with Crippen LogP contribution in [0.15, 0.2) is 0 Å². The first-order valence-corrected chi connectivity index (χ1v) is 5.52. The first-order chi connectivity index (χ1) is 7.08. The van der Waals surface area contributed by atoms with Gasteiger partial charge < -0.3 is 10.0 Å². The second-order valence-corrected chi connectivity index (χ2v) is 5.34. The van der Waals surface area contributed by atoms with Crippen molar-refractivity contribution in [2.45, 2.75) is 40.5 Å². The van der Waals surface area contributed by atoms with Gasteiger partial charge in [0, 0.05) is 20.5 Å². The van der Waals surface area contributed by atoms with E-state index in [0.29, 0.717) is 6.42 Å². The SMILES string of the molecule is CC[C@](C)(C(=O)O)C(C)(C)CC(=O)N(C)C. The molecule has 0 spiro atoms. The maximum atomic E-state index is 11.7. The zero-order valence-corrected chi connectivity index (χ0v) is 11.1. The number of carbonyl (C=O) groups excluding carboxylic acids is 1. The van der Waals surface area contributed by atoms with Crippen molar-refractivity contribution in [2.75, 3.05) is 14.1 Å². The van der Waals surface area contributed by atoms with E-state index in [1.54, 1.807) is 21.0 Å². The molecule has 4 heteroatoms. The van der Waals surface area contributed by atoms with E-state index in [-0.39, 0.29) is 12.3 Å². The Balaban J connectivity index is 5.02. The molecule has 0 aliphatic heterocycles. The van der Waals surface area contributed by atoms with Crippen molar-refractivity contribution in [2.24, 2.45) is 10.8 Å². The molecule has 0 aromatic carbocycles. The molecule has 1 atom stereocenters. The van der Waals surface area contributed by atoms with Crippen LogP contribution >= 0.6 is 0 Å². The molecule has 1 N–H and O–H groups in total. The van der Waals surface area contributed by atoms with Gasteiger partial charge in [-0.3, -0.25) is 9.59 Å². The van der Waals surface area contributed by atoms with Crippen molar-refractivity contribution in [3.63, 3.8) is 0 Å². The molecule has 0 aliphatic carbocycles. The molecule has 0 radical (unpaired) electrons. The van der Waals surface area contributed by atoms with Crippen molar-refractivity contribution >= 4 is 11.9 Å². The number of carboxylic acids is 1. The molecule has 16 heavy (non-hydrogen) atoms. The third kappa shape index (κ3) is 2.74. The molecular formula is C12H23NO3. The highest BCUT2D eigenvalue weighted by Crippen LogP contribution is 2.44. The molecule has 94 valence electrons.